The lowest BCUT2D eigenvalue weighted by molar-refractivity contribution is 1.25. The Kier molecular flexibility index (Phi) is 9.42. The van der Waals surface area contributed by atoms with Gasteiger partial charge in [0.05, 0.1) is 0 Å². The monoisotopic (exact) mass is 796 g/mol. The van der Waals surface area contributed by atoms with Gasteiger partial charge in [0.1, 0.15) is 0 Å². The van der Waals surface area contributed by atoms with Gasteiger partial charge in [-0.05, 0) is 117 Å². The summed E-state index contributed by atoms with van der Waals surface area (Å²) >= 11 is 1.87. The summed E-state index contributed by atoms with van der Waals surface area (Å²) in [6.07, 6.45) is 0. The summed E-state index contributed by atoms with van der Waals surface area (Å²) < 4.78 is 2.64. The maximum Gasteiger partial charge on any atom is 0.0488 e. The van der Waals surface area contributed by atoms with Crippen molar-refractivity contribution in [1.82, 2.24) is 0 Å². The molecule has 1 aromatic heterocycles. The van der Waals surface area contributed by atoms with E-state index in [2.05, 4.69) is 252 Å². The van der Waals surface area contributed by atoms with Crippen molar-refractivity contribution in [3.8, 4) is 33.4 Å². The molecule has 0 radical (unpaired) electrons. The largest absolute Gasteiger partial charge is 0.310 e. The number of hydrogen-bond donors (Lipinski definition) is 0. The molecule has 0 aliphatic rings. The van der Waals surface area contributed by atoms with Crippen molar-refractivity contribution in [3.63, 3.8) is 0 Å². The molecule has 0 bridgehead atoms. The van der Waals surface area contributed by atoms with Crippen LogP contribution in [0.15, 0.2) is 243 Å². The molecule has 11 aromatic rings. The Labute approximate surface area is 360 Å². The van der Waals surface area contributed by atoms with Gasteiger partial charge in [0.15, 0.2) is 0 Å². The minimum atomic E-state index is 1.06. The van der Waals surface area contributed by atoms with E-state index in [1.165, 1.54) is 53.2 Å². The van der Waals surface area contributed by atoms with E-state index in [1.54, 1.807) is 0 Å². The first-order chi connectivity index (χ1) is 30.2. The van der Waals surface area contributed by atoms with Gasteiger partial charge in [-0.3, -0.25) is 0 Å². The number of fused-ring (bicyclic) bond motifs is 4. The number of thiophene rings is 1. The highest BCUT2D eigenvalue weighted by atomic mass is 32.1. The molecule has 1 heterocycles. The van der Waals surface area contributed by atoms with Crippen molar-refractivity contribution in [2.75, 3.05) is 9.80 Å². The van der Waals surface area contributed by atoms with Gasteiger partial charge in [-0.15, -0.1) is 11.3 Å². The molecule has 288 valence electrons. The molecule has 0 spiro atoms. The third-order valence-electron chi connectivity index (χ3n) is 11.6. The number of para-hydroxylation sites is 2. The Morgan fingerprint density at radius 3 is 1.46 bits per heavy atom. The van der Waals surface area contributed by atoms with Gasteiger partial charge in [0, 0.05) is 54.3 Å². The molecule has 10 aromatic carbocycles. The van der Waals surface area contributed by atoms with Gasteiger partial charge in [0.25, 0.3) is 0 Å². The SMILES string of the molecule is c1ccc(-c2ccc(N(c3ccccc3)c3cc(-c4ccc(-c5cccc6c5sc5ccccc56)cc4)cc(N(c4ccccc4)c4ccc5ccccc5c4)c3)cc2)cc1. The second-order valence-electron chi connectivity index (χ2n) is 15.4. The van der Waals surface area contributed by atoms with Crippen LogP contribution in [0.3, 0.4) is 0 Å². The van der Waals surface area contributed by atoms with Gasteiger partial charge >= 0.3 is 0 Å². The molecule has 0 N–H and O–H groups in total. The van der Waals surface area contributed by atoms with Crippen LogP contribution in [-0.2, 0) is 0 Å². The first-order valence-electron chi connectivity index (χ1n) is 20.7. The molecule has 2 nitrogen and oxygen atoms in total. The third kappa shape index (κ3) is 7.01. The maximum atomic E-state index is 2.39. The van der Waals surface area contributed by atoms with Crippen LogP contribution in [0.4, 0.5) is 34.1 Å². The van der Waals surface area contributed by atoms with Crippen molar-refractivity contribution in [2.24, 2.45) is 0 Å². The van der Waals surface area contributed by atoms with Gasteiger partial charge in [-0.1, -0.05) is 170 Å². The van der Waals surface area contributed by atoms with E-state index in [1.807, 2.05) is 11.3 Å². The van der Waals surface area contributed by atoms with E-state index in [0.29, 0.717) is 0 Å². The molecule has 0 saturated heterocycles. The highest BCUT2D eigenvalue weighted by molar-refractivity contribution is 7.26. The number of rotatable bonds is 9. The van der Waals surface area contributed by atoms with Gasteiger partial charge in [0.2, 0.25) is 0 Å². The highest BCUT2D eigenvalue weighted by Gasteiger charge is 2.20. The van der Waals surface area contributed by atoms with Crippen LogP contribution in [0.1, 0.15) is 0 Å². The lowest BCUT2D eigenvalue weighted by atomic mass is 9.97. The molecule has 3 heteroatoms. The van der Waals surface area contributed by atoms with Gasteiger partial charge in [-0.25, -0.2) is 0 Å². The zero-order chi connectivity index (χ0) is 40.5. The minimum absolute atomic E-state index is 1.06. The second-order valence-corrected chi connectivity index (χ2v) is 16.4. The average Bonchev–Trinajstić information content (AvgIpc) is 3.72. The molecular weight excluding hydrogens is 757 g/mol. The van der Waals surface area contributed by atoms with Crippen LogP contribution in [-0.4, -0.2) is 0 Å². The number of nitrogens with zero attached hydrogens (tertiary/aromatic N) is 2. The van der Waals surface area contributed by atoms with Crippen molar-refractivity contribution in [1.29, 1.82) is 0 Å². The van der Waals surface area contributed by atoms with E-state index >= 15 is 0 Å². The van der Waals surface area contributed by atoms with Crippen LogP contribution in [0.25, 0.3) is 64.3 Å². The zero-order valence-corrected chi connectivity index (χ0v) is 34.2. The molecule has 0 unspecified atom stereocenters. The summed E-state index contributed by atoms with van der Waals surface area (Å²) in [6, 6.07) is 87.9. The lowest BCUT2D eigenvalue weighted by Crippen LogP contribution is -2.13. The summed E-state index contributed by atoms with van der Waals surface area (Å²) in [5, 5.41) is 5.05. The fourth-order valence-electron chi connectivity index (χ4n) is 8.63. The number of anilines is 6. The van der Waals surface area contributed by atoms with Crippen LogP contribution in [0, 0.1) is 0 Å². The smallest absolute Gasteiger partial charge is 0.0488 e. The predicted molar refractivity (Wildman–Crippen MR) is 263 cm³/mol. The fourth-order valence-corrected chi connectivity index (χ4v) is 9.87. The van der Waals surface area contributed by atoms with Crippen molar-refractivity contribution < 1.29 is 0 Å². The fraction of sp³-hybridized carbons (Fsp3) is 0. The second kappa shape index (κ2) is 15.8. The molecule has 0 amide bonds. The van der Waals surface area contributed by atoms with Crippen LogP contribution in [0.5, 0.6) is 0 Å². The van der Waals surface area contributed by atoms with Gasteiger partial charge in [-0.2, -0.15) is 0 Å². The van der Waals surface area contributed by atoms with Crippen molar-refractivity contribution in [3.05, 3.63) is 243 Å². The van der Waals surface area contributed by atoms with E-state index in [9.17, 15) is 0 Å². The van der Waals surface area contributed by atoms with E-state index < -0.39 is 0 Å². The Bertz CT molecular complexity index is 3280. The first-order valence-corrected chi connectivity index (χ1v) is 21.6. The van der Waals surface area contributed by atoms with Crippen molar-refractivity contribution in [2.45, 2.75) is 0 Å². The molecule has 0 aliphatic carbocycles. The Morgan fingerprint density at radius 2 is 0.754 bits per heavy atom. The molecular formula is C58H40N2S. The predicted octanol–water partition coefficient (Wildman–Crippen LogP) is 17.1. The standard InChI is InChI=1S/C58H40N2S/c1-4-15-41(16-5-1)43-31-34-50(35-32-43)59(48-19-6-2-7-20-48)52-38-47(44-27-29-45(30-28-44)54-24-14-25-56-55-23-12-13-26-57(55)61-58(54)56)39-53(40-52)60(49-21-8-3-9-22-49)51-36-33-42-17-10-11-18-46(42)37-51/h1-40H. The Morgan fingerprint density at radius 1 is 0.262 bits per heavy atom. The molecule has 0 fully saturated rings. The molecule has 0 saturated carbocycles. The molecule has 11 rings (SSSR count). The first kappa shape index (κ1) is 36.4. The summed E-state index contributed by atoms with van der Waals surface area (Å²) in [5.41, 5.74) is 13.6. The summed E-state index contributed by atoms with van der Waals surface area (Å²) in [4.78, 5) is 4.76. The van der Waals surface area contributed by atoms with Crippen LogP contribution >= 0.6 is 11.3 Å². The Balaban J connectivity index is 1.10. The van der Waals surface area contributed by atoms with Crippen LogP contribution in [0.2, 0.25) is 0 Å². The number of hydrogen-bond acceptors (Lipinski definition) is 3. The highest BCUT2D eigenvalue weighted by Crippen LogP contribution is 2.45. The maximum absolute atomic E-state index is 2.39. The molecule has 61 heavy (non-hydrogen) atoms. The Hall–Kier alpha value is -7.72. The molecule has 0 atom stereocenters. The quantitative estimate of drug-likeness (QED) is 0.144. The third-order valence-corrected chi connectivity index (χ3v) is 12.8. The number of benzene rings is 10. The summed E-state index contributed by atoms with van der Waals surface area (Å²) in [7, 11) is 0. The topological polar surface area (TPSA) is 6.48 Å². The van der Waals surface area contributed by atoms with E-state index in [-0.39, 0.29) is 0 Å². The van der Waals surface area contributed by atoms with E-state index in [0.717, 1.165) is 45.3 Å². The lowest BCUT2D eigenvalue weighted by Gasteiger charge is -2.30. The molecule has 0 aliphatic heterocycles. The van der Waals surface area contributed by atoms with Gasteiger partial charge < -0.3 is 9.80 Å². The normalized spacial score (nSPS) is 11.3. The van der Waals surface area contributed by atoms with Crippen LogP contribution < -0.4 is 9.80 Å². The summed E-state index contributed by atoms with van der Waals surface area (Å²) in [6.45, 7) is 0. The minimum Gasteiger partial charge on any atom is -0.310 e. The summed E-state index contributed by atoms with van der Waals surface area (Å²) in [5.74, 6) is 0. The van der Waals surface area contributed by atoms with Crippen molar-refractivity contribution >= 4 is 76.4 Å². The van der Waals surface area contributed by atoms with E-state index in [4.69, 9.17) is 0 Å². The average molecular weight is 797 g/mol. The zero-order valence-electron chi connectivity index (χ0n) is 33.4.